The van der Waals surface area contributed by atoms with Gasteiger partial charge in [-0.15, -0.1) is 11.8 Å². The summed E-state index contributed by atoms with van der Waals surface area (Å²) >= 11 is 0.899. The second-order valence-corrected chi connectivity index (χ2v) is 8.02. The molecule has 10 heteroatoms. The van der Waals surface area contributed by atoms with Gasteiger partial charge in [0.05, 0.1) is 15.6 Å². The summed E-state index contributed by atoms with van der Waals surface area (Å²) in [6.45, 7) is 5.10. The molecule has 9 nitrogen and oxygen atoms in total. The van der Waals surface area contributed by atoms with Crippen LogP contribution in [0.15, 0.2) is 23.1 Å². The number of amides is 2. The fourth-order valence-corrected chi connectivity index (χ4v) is 4.02. The summed E-state index contributed by atoms with van der Waals surface area (Å²) < 4.78 is 5.02. The van der Waals surface area contributed by atoms with Crippen LogP contribution >= 0.6 is 11.8 Å². The number of benzene rings is 1. The summed E-state index contributed by atoms with van der Waals surface area (Å²) in [5.41, 5.74) is 4.81. The third-order valence-electron chi connectivity index (χ3n) is 4.36. The van der Waals surface area contributed by atoms with E-state index in [0.29, 0.717) is 24.9 Å². The first-order chi connectivity index (χ1) is 13.2. The van der Waals surface area contributed by atoms with Crippen LogP contribution in [-0.4, -0.2) is 53.1 Å². The number of carbonyl (C=O) groups is 3. The van der Waals surface area contributed by atoms with Gasteiger partial charge in [-0.3, -0.25) is 24.5 Å². The first-order valence-electron chi connectivity index (χ1n) is 8.81. The molecular weight excluding hydrogens is 386 g/mol. The monoisotopic (exact) mass is 409 g/mol. The smallest absolute Gasteiger partial charge is 0.316 e. The molecule has 2 N–H and O–H groups in total. The standard InChI is InChI=1S/C18H23N3O6S/c1-11-5-12(2)8-20(7-11)16(22)9-27-17(23)10-28-15-4-3-13(18(19)24)6-14(15)21(25)26/h3-4,6,11-12H,5,7-10H2,1-2H3,(H2,19,24)/t11-,12-/m0/s1. The minimum absolute atomic E-state index is 0.00853. The van der Waals surface area contributed by atoms with Crippen molar-refractivity contribution in [2.45, 2.75) is 25.2 Å². The lowest BCUT2D eigenvalue weighted by molar-refractivity contribution is -0.387. The molecule has 0 spiro atoms. The molecule has 28 heavy (non-hydrogen) atoms. The van der Waals surface area contributed by atoms with Crippen molar-refractivity contribution in [1.29, 1.82) is 0 Å². The molecular formula is C18H23N3O6S. The Morgan fingerprint density at radius 1 is 1.29 bits per heavy atom. The van der Waals surface area contributed by atoms with E-state index < -0.39 is 16.8 Å². The van der Waals surface area contributed by atoms with Crippen LogP contribution in [-0.2, 0) is 14.3 Å². The number of nitro benzene ring substituents is 1. The van der Waals surface area contributed by atoms with Crippen LogP contribution in [0.4, 0.5) is 5.69 Å². The Balaban J connectivity index is 1.88. The SMILES string of the molecule is C[C@H]1C[C@H](C)CN(C(=O)COC(=O)CSc2ccc(C(N)=O)cc2[N+](=O)[O-])C1. The number of nitrogens with zero attached hydrogens (tertiary/aromatic N) is 2. The maximum absolute atomic E-state index is 12.2. The average molecular weight is 409 g/mol. The molecule has 1 saturated heterocycles. The number of nitro groups is 1. The van der Waals surface area contributed by atoms with Gasteiger partial charge in [-0.05, 0) is 30.4 Å². The van der Waals surface area contributed by atoms with Crippen molar-refractivity contribution >= 4 is 35.2 Å². The van der Waals surface area contributed by atoms with E-state index in [9.17, 15) is 24.5 Å². The van der Waals surface area contributed by atoms with Crippen LogP contribution in [0.3, 0.4) is 0 Å². The Labute approximate surface area is 166 Å². The lowest BCUT2D eigenvalue weighted by atomic mass is 9.92. The summed E-state index contributed by atoms with van der Waals surface area (Å²) in [6.07, 6.45) is 1.06. The topological polar surface area (TPSA) is 133 Å². The van der Waals surface area contributed by atoms with E-state index in [1.807, 2.05) is 0 Å². The summed E-state index contributed by atoms with van der Waals surface area (Å²) in [5.74, 6) is -1.06. The zero-order valence-corrected chi connectivity index (χ0v) is 16.6. The van der Waals surface area contributed by atoms with Gasteiger partial charge >= 0.3 is 5.97 Å². The van der Waals surface area contributed by atoms with Gasteiger partial charge in [0.1, 0.15) is 0 Å². The minimum atomic E-state index is -0.779. The molecule has 0 saturated carbocycles. The quantitative estimate of drug-likeness (QED) is 0.314. The van der Waals surface area contributed by atoms with E-state index in [-0.39, 0.29) is 34.4 Å². The van der Waals surface area contributed by atoms with Crippen molar-refractivity contribution in [3.63, 3.8) is 0 Å². The van der Waals surface area contributed by atoms with Crippen molar-refractivity contribution in [3.05, 3.63) is 33.9 Å². The van der Waals surface area contributed by atoms with E-state index in [0.717, 1.165) is 24.2 Å². The molecule has 0 bridgehead atoms. The number of esters is 1. The molecule has 152 valence electrons. The van der Waals surface area contributed by atoms with Crippen LogP contribution in [0.1, 0.15) is 30.6 Å². The second-order valence-electron chi connectivity index (χ2n) is 7.00. The Bertz CT molecular complexity index is 775. The molecule has 0 radical (unpaired) electrons. The van der Waals surface area contributed by atoms with E-state index in [4.69, 9.17) is 10.5 Å². The maximum atomic E-state index is 12.2. The van der Waals surface area contributed by atoms with Gasteiger partial charge in [0.15, 0.2) is 6.61 Å². The first kappa shape index (κ1) is 21.7. The summed E-state index contributed by atoms with van der Waals surface area (Å²) in [7, 11) is 0. The van der Waals surface area contributed by atoms with E-state index in [1.54, 1.807) is 4.90 Å². The Morgan fingerprint density at radius 3 is 2.50 bits per heavy atom. The van der Waals surface area contributed by atoms with Gasteiger partial charge in [-0.2, -0.15) is 0 Å². The number of nitrogens with two attached hydrogens (primary N) is 1. The third kappa shape index (κ3) is 5.95. The molecule has 0 aliphatic carbocycles. The Kier molecular flexibility index (Phi) is 7.38. The van der Waals surface area contributed by atoms with Crippen molar-refractivity contribution in [1.82, 2.24) is 4.90 Å². The molecule has 1 aliphatic rings. The molecule has 1 aromatic rings. The van der Waals surface area contributed by atoms with Gasteiger partial charge in [0.25, 0.3) is 11.6 Å². The summed E-state index contributed by atoms with van der Waals surface area (Å²) in [6, 6.07) is 3.78. The number of likely N-dealkylation sites (tertiary alicyclic amines) is 1. The number of ether oxygens (including phenoxy) is 1. The number of thioether (sulfide) groups is 1. The maximum Gasteiger partial charge on any atom is 0.316 e. The molecule has 0 unspecified atom stereocenters. The van der Waals surface area contributed by atoms with Crippen molar-refractivity contribution in [2.24, 2.45) is 17.6 Å². The number of rotatable bonds is 7. The number of primary amides is 1. The van der Waals surface area contributed by atoms with Crippen LogP contribution < -0.4 is 5.73 Å². The predicted octanol–water partition coefficient (Wildman–Crippen LogP) is 1.83. The molecule has 2 atom stereocenters. The van der Waals surface area contributed by atoms with Crippen molar-refractivity contribution in [2.75, 3.05) is 25.4 Å². The van der Waals surface area contributed by atoms with Crippen LogP contribution in [0.5, 0.6) is 0 Å². The first-order valence-corrected chi connectivity index (χ1v) is 9.80. The molecule has 1 aromatic carbocycles. The Hall–Kier alpha value is -2.62. The van der Waals surface area contributed by atoms with Crippen molar-refractivity contribution < 1.29 is 24.0 Å². The molecule has 1 fully saturated rings. The fraction of sp³-hybridized carbons (Fsp3) is 0.500. The zero-order valence-electron chi connectivity index (χ0n) is 15.8. The fourth-order valence-electron chi connectivity index (χ4n) is 3.21. The average Bonchev–Trinajstić information content (AvgIpc) is 2.63. The Morgan fingerprint density at radius 2 is 1.93 bits per heavy atom. The van der Waals surface area contributed by atoms with Gasteiger partial charge in [0.2, 0.25) is 5.91 Å². The van der Waals surface area contributed by atoms with Crippen LogP contribution in [0, 0.1) is 22.0 Å². The highest BCUT2D eigenvalue weighted by atomic mass is 32.2. The molecule has 2 rings (SSSR count). The highest BCUT2D eigenvalue weighted by Crippen LogP contribution is 2.30. The molecule has 1 aliphatic heterocycles. The number of piperidine rings is 1. The van der Waals surface area contributed by atoms with E-state index in [1.165, 1.54) is 12.1 Å². The number of carbonyl (C=O) groups excluding carboxylic acids is 3. The number of hydrogen-bond acceptors (Lipinski definition) is 7. The number of hydrogen-bond donors (Lipinski definition) is 1. The molecule has 1 heterocycles. The largest absolute Gasteiger partial charge is 0.455 e. The van der Waals surface area contributed by atoms with Gasteiger partial charge in [-0.1, -0.05) is 13.8 Å². The van der Waals surface area contributed by atoms with Gasteiger partial charge in [-0.25, -0.2) is 0 Å². The highest BCUT2D eigenvalue weighted by molar-refractivity contribution is 8.00. The molecule has 0 aromatic heterocycles. The van der Waals surface area contributed by atoms with Crippen LogP contribution in [0.25, 0.3) is 0 Å². The van der Waals surface area contributed by atoms with Gasteiger partial charge in [0, 0.05) is 24.7 Å². The molecule has 2 amide bonds. The lowest BCUT2D eigenvalue weighted by Crippen LogP contribution is -2.44. The predicted molar refractivity (Wildman–Crippen MR) is 103 cm³/mol. The summed E-state index contributed by atoms with van der Waals surface area (Å²) in [5, 5.41) is 11.2. The normalized spacial score (nSPS) is 19.1. The minimum Gasteiger partial charge on any atom is -0.455 e. The zero-order chi connectivity index (χ0) is 20.8. The summed E-state index contributed by atoms with van der Waals surface area (Å²) in [4.78, 5) is 47.7. The van der Waals surface area contributed by atoms with Crippen molar-refractivity contribution in [3.8, 4) is 0 Å². The van der Waals surface area contributed by atoms with Gasteiger partial charge < -0.3 is 15.4 Å². The van der Waals surface area contributed by atoms with E-state index in [2.05, 4.69) is 13.8 Å². The second kappa shape index (κ2) is 9.54. The highest BCUT2D eigenvalue weighted by Gasteiger charge is 2.26. The van der Waals surface area contributed by atoms with E-state index >= 15 is 0 Å². The lowest BCUT2D eigenvalue weighted by Gasteiger charge is -2.34. The third-order valence-corrected chi connectivity index (χ3v) is 5.40. The van der Waals surface area contributed by atoms with Crippen LogP contribution in [0.2, 0.25) is 0 Å².